The average Bonchev–Trinajstić information content (AvgIpc) is 1.88. The average molecular weight is 142 g/mol. The Bertz CT molecular complexity index is 164. The van der Waals surface area contributed by atoms with Crippen molar-refractivity contribution in [1.29, 1.82) is 0 Å². The number of rotatable bonds is 1. The smallest absolute Gasteiger partial charge is 0.309 e. The minimum absolute atomic E-state index is 0.0382. The standard InChI is InChI=1S/C7H10O3/c1-2-7(9)3-4-10-6(8)5-7/h2,9H,1,3-5H2/t7-/m1/s1. The molecule has 0 bridgehead atoms. The van der Waals surface area contributed by atoms with Gasteiger partial charge in [-0.1, -0.05) is 6.08 Å². The number of carbonyl (C=O) groups is 1. The second-order valence-electron chi connectivity index (χ2n) is 2.45. The fourth-order valence-electron chi connectivity index (χ4n) is 0.905. The summed E-state index contributed by atoms with van der Waals surface area (Å²) in [7, 11) is 0. The van der Waals surface area contributed by atoms with Gasteiger partial charge in [0.15, 0.2) is 0 Å². The van der Waals surface area contributed by atoms with Crippen molar-refractivity contribution >= 4 is 5.97 Å². The third kappa shape index (κ3) is 1.36. The highest BCUT2D eigenvalue weighted by Gasteiger charge is 2.31. The number of hydrogen-bond donors (Lipinski definition) is 1. The lowest BCUT2D eigenvalue weighted by Crippen LogP contribution is -2.36. The Morgan fingerprint density at radius 2 is 2.50 bits per heavy atom. The number of esters is 1. The van der Waals surface area contributed by atoms with Gasteiger partial charge < -0.3 is 9.84 Å². The van der Waals surface area contributed by atoms with Gasteiger partial charge in [-0.25, -0.2) is 0 Å². The molecule has 1 rings (SSSR count). The first-order valence-corrected chi connectivity index (χ1v) is 3.18. The van der Waals surface area contributed by atoms with Gasteiger partial charge in [0, 0.05) is 6.42 Å². The summed E-state index contributed by atoms with van der Waals surface area (Å²) in [4.78, 5) is 10.6. The first-order valence-electron chi connectivity index (χ1n) is 3.18. The third-order valence-corrected chi connectivity index (χ3v) is 1.63. The van der Waals surface area contributed by atoms with Crippen LogP contribution >= 0.6 is 0 Å². The summed E-state index contributed by atoms with van der Waals surface area (Å²) >= 11 is 0. The predicted octanol–water partition coefficient (Wildman–Crippen LogP) is 0.240. The van der Waals surface area contributed by atoms with Crippen LogP contribution in [0.2, 0.25) is 0 Å². The van der Waals surface area contributed by atoms with Crippen LogP contribution in [0.4, 0.5) is 0 Å². The molecule has 1 saturated heterocycles. The van der Waals surface area contributed by atoms with Gasteiger partial charge in [0.1, 0.15) is 0 Å². The quantitative estimate of drug-likeness (QED) is 0.421. The van der Waals surface area contributed by atoms with Crippen molar-refractivity contribution < 1.29 is 14.6 Å². The van der Waals surface area contributed by atoms with Gasteiger partial charge in [-0.05, 0) is 0 Å². The van der Waals surface area contributed by atoms with E-state index in [4.69, 9.17) is 0 Å². The molecule has 1 atom stereocenters. The molecule has 1 aliphatic rings. The van der Waals surface area contributed by atoms with Crippen molar-refractivity contribution in [3.8, 4) is 0 Å². The Morgan fingerprint density at radius 1 is 1.80 bits per heavy atom. The minimum Gasteiger partial charge on any atom is -0.465 e. The van der Waals surface area contributed by atoms with Crippen LogP contribution in [-0.4, -0.2) is 23.3 Å². The zero-order valence-electron chi connectivity index (χ0n) is 5.67. The van der Waals surface area contributed by atoms with Crippen LogP contribution < -0.4 is 0 Å². The molecular formula is C7H10O3. The summed E-state index contributed by atoms with van der Waals surface area (Å²) < 4.78 is 4.63. The maximum absolute atomic E-state index is 10.6. The molecule has 56 valence electrons. The lowest BCUT2D eigenvalue weighted by molar-refractivity contribution is -0.155. The van der Waals surface area contributed by atoms with Crippen molar-refractivity contribution in [3.63, 3.8) is 0 Å². The molecular weight excluding hydrogens is 132 g/mol. The summed E-state index contributed by atoms with van der Waals surface area (Å²) in [5.74, 6) is -0.353. The fourth-order valence-corrected chi connectivity index (χ4v) is 0.905. The highest BCUT2D eigenvalue weighted by molar-refractivity contribution is 5.71. The molecule has 3 heteroatoms. The lowest BCUT2D eigenvalue weighted by Gasteiger charge is -2.27. The second kappa shape index (κ2) is 2.42. The minimum atomic E-state index is -1.02. The van der Waals surface area contributed by atoms with E-state index in [1.165, 1.54) is 6.08 Å². The second-order valence-corrected chi connectivity index (χ2v) is 2.45. The third-order valence-electron chi connectivity index (χ3n) is 1.63. The van der Waals surface area contributed by atoms with Crippen molar-refractivity contribution in [2.24, 2.45) is 0 Å². The first kappa shape index (κ1) is 7.28. The molecule has 0 aromatic carbocycles. The molecule has 0 saturated carbocycles. The van der Waals surface area contributed by atoms with Gasteiger partial charge in [-0.3, -0.25) is 4.79 Å². The van der Waals surface area contributed by atoms with E-state index < -0.39 is 5.60 Å². The number of carbonyl (C=O) groups excluding carboxylic acids is 1. The van der Waals surface area contributed by atoms with Gasteiger partial charge in [-0.15, -0.1) is 6.58 Å². The van der Waals surface area contributed by atoms with E-state index in [0.29, 0.717) is 13.0 Å². The van der Waals surface area contributed by atoms with Gasteiger partial charge in [0.25, 0.3) is 0 Å². The van der Waals surface area contributed by atoms with Crippen LogP contribution in [0.1, 0.15) is 12.8 Å². The summed E-state index contributed by atoms with van der Waals surface area (Å²) in [5, 5.41) is 9.43. The van der Waals surface area contributed by atoms with Gasteiger partial charge >= 0.3 is 5.97 Å². The van der Waals surface area contributed by atoms with Crippen LogP contribution in [-0.2, 0) is 9.53 Å². The van der Waals surface area contributed by atoms with E-state index in [0.717, 1.165) is 0 Å². The molecule has 1 fully saturated rings. The summed E-state index contributed by atoms with van der Waals surface area (Å²) in [5.41, 5.74) is -1.02. The van der Waals surface area contributed by atoms with Crippen molar-refractivity contribution in [1.82, 2.24) is 0 Å². The van der Waals surface area contributed by atoms with Crippen molar-refractivity contribution in [2.75, 3.05) is 6.61 Å². The molecule has 0 amide bonds. The van der Waals surface area contributed by atoms with E-state index in [2.05, 4.69) is 11.3 Å². The van der Waals surface area contributed by atoms with Crippen LogP contribution in [0.15, 0.2) is 12.7 Å². The molecule has 0 aromatic rings. The van der Waals surface area contributed by atoms with Crippen LogP contribution in [0.5, 0.6) is 0 Å². The van der Waals surface area contributed by atoms with E-state index in [-0.39, 0.29) is 12.4 Å². The summed E-state index contributed by atoms with van der Waals surface area (Å²) in [6.45, 7) is 3.73. The molecule has 1 heterocycles. The van der Waals surface area contributed by atoms with Crippen LogP contribution in [0, 0.1) is 0 Å². The lowest BCUT2D eigenvalue weighted by atomic mass is 9.95. The molecule has 10 heavy (non-hydrogen) atoms. The SMILES string of the molecule is C=C[C@@]1(O)CCOC(=O)C1. The molecule has 3 nitrogen and oxygen atoms in total. The van der Waals surface area contributed by atoms with E-state index >= 15 is 0 Å². The number of hydrogen-bond acceptors (Lipinski definition) is 3. The monoisotopic (exact) mass is 142 g/mol. The van der Waals surface area contributed by atoms with Crippen LogP contribution in [0.3, 0.4) is 0 Å². The highest BCUT2D eigenvalue weighted by Crippen LogP contribution is 2.21. The van der Waals surface area contributed by atoms with E-state index in [1.54, 1.807) is 0 Å². The molecule has 0 radical (unpaired) electrons. The van der Waals surface area contributed by atoms with Gasteiger partial charge in [-0.2, -0.15) is 0 Å². The van der Waals surface area contributed by atoms with E-state index in [1.807, 2.05) is 0 Å². The molecule has 0 aromatic heterocycles. The normalized spacial score (nSPS) is 33.1. The maximum atomic E-state index is 10.6. The molecule has 0 aliphatic carbocycles. The Hall–Kier alpha value is -0.830. The van der Waals surface area contributed by atoms with Crippen molar-refractivity contribution in [3.05, 3.63) is 12.7 Å². The van der Waals surface area contributed by atoms with Gasteiger partial charge in [0.05, 0.1) is 18.6 Å². The zero-order valence-corrected chi connectivity index (χ0v) is 5.67. The number of aliphatic hydroxyl groups is 1. The fraction of sp³-hybridized carbons (Fsp3) is 0.571. The molecule has 1 aliphatic heterocycles. The Labute approximate surface area is 59.3 Å². The van der Waals surface area contributed by atoms with Gasteiger partial charge in [0.2, 0.25) is 0 Å². The molecule has 1 N–H and O–H groups in total. The molecule has 0 spiro atoms. The molecule has 0 unspecified atom stereocenters. The summed E-state index contributed by atoms with van der Waals surface area (Å²) in [6, 6.07) is 0. The van der Waals surface area contributed by atoms with Crippen LogP contribution in [0.25, 0.3) is 0 Å². The van der Waals surface area contributed by atoms with Crippen molar-refractivity contribution in [2.45, 2.75) is 18.4 Å². The topological polar surface area (TPSA) is 46.5 Å². The Balaban J connectivity index is 2.61. The highest BCUT2D eigenvalue weighted by atomic mass is 16.5. The zero-order chi connectivity index (χ0) is 7.61. The largest absolute Gasteiger partial charge is 0.465 e. The summed E-state index contributed by atoms with van der Waals surface area (Å²) in [6.07, 6.45) is 1.90. The number of cyclic esters (lactones) is 1. The predicted molar refractivity (Wildman–Crippen MR) is 35.3 cm³/mol. The number of ether oxygens (including phenoxy) is 1. The maximum Gasteiger partial charge on any atom is 0.309 e. The Morgan fingerprint density at radius 3 is 2.90 bits per heavy atom. The Kier molecular flexibility index (Phi) is 1.76. The van der Waals surface area contributed by atoms with E-state index in [9.17, 15) is 9.90 Å². The first-order chi connectivity index (χ1) is 4.66.